The minimum Gasteiger partial charge on any atom is -0.253 e. The van der Waals surface area contributed by atoms with Crippen molar-refractivity contribution < 1.29 is 13.2 Å². The molecule has 1 aliphatic rings. The molecule has 0 saturated carbocycles. The van der Waals surface area contributed by atoms with E-state index in [1.165, 1.54) is 11.6 Å². The molecule has 0 amide bonds. The number of rotatable bonds is 0. The zero-order chi connectivity index (χ0) is 12.8. The van der Waals surface area contributed by atoms with Crippen molar-refractivity contribution in [2.24, 2.45) is 0 Å². The summed E-state index contributed by atoms with van der Waals surface area (Å²) in [7, 11) is 0. The van der Waals surface area contributed by atoms with Gasteiger partial charge in [-0.2, -0.15) is 13.2 Å². The number of alkyl halides is 3. The monoisotopic (exact) mass is 251 g/mol. The molecule has 1 aromatic carbocycles. The number of fused-ring (bicyclic) bond motifs is 2. The third-order valence-corrected chi connectivity index (χ3v) is 3.42. The molecule has 0 radical (unpaired) electrons. The van der Waals surface area contributed by atoms with Crippen LogP contribution < -0.4 is 0 Å². The molecule has 0 saturated heterocycles. The van der Waals surface area contributed by atoms with Crippen LogP contribution in [-0.2, 0) is 19.0 Å². The molecule has 2 aromatic rings. The van der Waals surface area contributed by atoms with Crippen molar-refractivity contribution in [3.63, 3.8) is 0 Å². The number of hydrogen-bond donors (Lipinski definition) is 0. The van der Waals surface area contributed by atoms with Crippen LogP contribution in [0.4, 0.5) is 13.2 Å². The lowest BCUT2D eigenvalue weighted by Crippen LogP contribution is -2.07. The fourth-order valence-corrected chi connectivity index (χ4v) is 2.47. The number of aryl methyl sites for hydroxylation is 2. The molecule has 1 heterocycles. The first-order chi connectivity index (χ1) is 8.54. The standard InChI is InChI=1S/C14H12F3N/c15-14(16,17)11-6-5-10-7-9-3-1-2-4-12(9)18-13(10)8-11/h5-8H,1-4H2. The van der Waals surface area contributed by atoms with E-state index in [1.54, 1.807) is 0 Å². The Labute approximate surface area is 103 Å². The van der Waals surface area contributed by atoms with E-state index in [0.29, 0.717) is 5.52 Å². The van der Waals surface area contributed by atoms with Crippen LogP contribution in [0.3, 0.4) is 0 Å². The zero-order valence-electron chi connectivity index (χ0n) is 9.72. The summed E-state index contributed by atoms with van der Waals surface area (Å²) < 4.78 is 37.9. The van der Waals surface area contributed by atoms with Gasteiger partial charge in [0.1, 0.15) is 0 Å². The van der Waals surface area contributed by atoms with Gasteiger partial charge in [-0.05, 0) is 49.4 Å². The van der Waals surface area contributed by atoms with E-state index >= 15 is 0 Å². The van der Waals surface area contributed by atoms with Gasteiger partial charge in [0.05, 0.1) is 11.1 Å². The van der Waals surface area contributed by atoms with E-state index < -0.39 is 11.7 Å². The van der Waals surface area contributed by atoms with Crippen molar-refractivity contribution in [3.05, 3.63) is 41.1 Å². The summed E-state index contributed by atoms with van der Waals surface area (Å²) in [6.07, 6.45) is -0.224. The number of aromatic nitrogens is 1. The van der Waals surface area contributed by atoms with Gasteiger partial charge < -0.3 is 0 Å². The second-order valence-corrected chi connectivity index (χ2v) is 4.71. The van der Waals surface area contributed by atoms with Crippen molar-refractivity contribution >= 4 is 10.9 Å². The smallest absolute Gasteiger partial charge is 0.253 e. The highest BCUT2D eigenvalue weighted by Gasteiger charge is 2.30. The molecule has 0 atom stereocenters. The zero-order valence-corrected chi connectivity index (χ0v) is 9.72. The fraction of sp³-hybridized carbons (Fsp3) is 0.357. The maximum absolute atomic E-state index is 12.6. The van der Waals surface area contributed by atoms with Gasteiger partial charge in [-0.3, -0.25) is 4.98 Å². The van der Waals surface area contributed by atoms with E-state index in [4.69, 9.17) is 0 Å². The first-order valence-electron chi connectivity index (χ1n) is 6.04. The highest BCUT2D eigenvalue weighted by molar-refractivity contribution is 5.80. The minimum atomic E-state index is -4.30. The van der Waals surface area contributed by atoms with E-state index in [-0.39, 0.29) is 0 Å². The van der Waals surface area contributed by atoms with Gasteiger partial charge >= 0.3 is 6.18 Å². The lowest BCUT2D eigenvalue weighted by Gasteiger charge is -2.16. The van der Waals surface area contributed by atoms with Crippen LogP contribution in [0.25, 0.3) is 10.9 Å². The largest absolute Gasteiger partial charge is 0.416 e. The average molecular weight is 251 g/mol. The van der Waals surface area contributed by atoms with Crippen LogP contribution in [0, 0.1) is 0 Å². The third-order valence-electron chi connectivity index (χ3n) is 3.42. The molecule has 1 aromatic heterocycles. The molecule has 94 valence electrons. The van der Waals surface area contributed by atoms with Crippen molar-refractivity contribution in [1.29, 1.82) is 0 Å². The number of hydrogen-bond acceptors (Lipinski definition) is 1. The Kier molecular flexibility index (Phi) is 2.54. The summed E-state index contributed by atoms with van der Waals surface area (Å²) in [6.45, 7) is 0. The normalized spacial score (nSPS) is 15.7. The first kappa shape index (κ1) is 11.5. The number of pyridine rings is 1. The molecular weight excluding hydrogens is 239 g/mol. The van der Waals surface area contributed by atoms with Crippen LogP contribution in [0.1, 0.15) is 29.7 Å². The maximum atomic E-state index is 12.6. The Bertz CT molecular complexity index is 602. The minimum absolute atomic E-state index is 0.450. The summed E-state index contributed by atoms with van der Waals surface area (Å²) in [5.41, 5.74) is 1.98. The van der Waals surface area contributed by atoms with Gasteiger partial charge in [-0.1, -0.05) is 6.07 Å². The molecular formula is C14H12F3N. The molecule has 0 fully saturated rings. The van der Waals surface area contributed by atoms with Crippen LogP contribution in [0.2, 0.25) is 0 Å². The summed E-state index contributed by atoms with van der Waals surface area (Å²) in [5.74, 6) is 0. The van der Waals surface area contributed by atoms with Crippen molar-refractivity contribution in [2.45, 2.75) is 31.9 Å². The van der Waals surface area contributed by atoms with Gasteiger partial charge in [0.15, 0.2) is 0 Å². The molecule has 0 aliphatic heterocycles. The van der Waals surface area contributed by atoms with E-state index in [9.17, 15) is 13.2 Å². The summed E-state index contributed by atoms with van der Waals surface area (Å²) in [5, 5.41) is 0.795. The second-order valence-electron chi connectivity index (χ2n) is 4.71. The van der Waals surface area contributed by atoms with Crippen LogP contribution in [0.15, 0.2) is 24.3 Å². The van der Waals surface area contributed by atoms with Crippen molar-refractivity contribution in [1.82, 2.24) is 4.98 Å². The fourth-order valence-electron chi connectivity index (χ4n) is 2.47. The Morgan fingerprint density at radius 2 is 1.78 bits per heavy atom. The number of nitrogens with zero attached hydrogens (tertiary/aromatic N) is 1. The van der Waals surface area contributed by atoms with Crippen LogP contribution in [-0.4, -0.2) is 4.98 Å². The Balaban J connectivity index is 2.16. The predicted octanol–water partition coefficient (Wildman–Crippen LogP) is 4.13. The number of halogens is 3. The van der Waals surface area contributed by atoms with E-state index in [1.807, 2.05) is 6.07 Å². The topological polar surface area (TPSA) is 12.9 Å². The first-order valence-corrected chi connectivity index (χ1v) is 6.04. The molecule has 0 unspecified atom stereocenters. The highest BCUT2D eigenvalue weighted by atomic mass is 19.4. The van der Waals surface area contributed by atoms with Gasteiger partial charge in [0.2, 0.25) is 0 Å². The van der Waals surface area contributed by atoms with E-state index in [2.05, 4.69) is 4.98 Å². The molecule has 4 heteroatoms. The van der Waals surface area contributed by atoms with Gasteiger partial charge in [0, 0.05) is 11.1 Å². The Morgan fingerprint density at radius 1 is 1.00 bits per heavy atom. The highest BCUT2D eigenvalue weighted by Crippen LogP contribution is 2.32. The SMILES string of the molecule is FC(F)(F)c1ccc2cc3c(nc2c1)CCCC3. The summed E-state index contributed by atoms with van der Waals surface area (Å²) >= 11 is 0. The van der Waals surface area contributed by atoms with Gasteiger partial charge in [-0.25, -0.2) is 0 Å². The van der Waals surface area contributed by atoms with Crippen LogP contribution >= 0.6 is 0 Å². The predicted molar refractivity (Wildman–Crippen MR) is 63.4 cm³/mol. The quantitative estimate of drug-likeness (QED) is 0.686. The lowest BCUT2D eigenvalue weighted by molar-refractivity contribution is -0.137. The number of benzene rings is 1. The molecule has 1 aliphatic carbocycles. The Morgan fingerprint density at radius 3 is 2.56 bits per heavy atom. The third kappa shape index (κ3) is 1.96. The molecule has 0 spiro atoms. The summed E-state index contributed by atoms with van der Waals surface area (Å²) in [6, 6.07) is 5.76. The van der Waals surface area contributed by atoms with Crippen molar-refractivity contribution in [3.8, 4) is 0 Å². The maximum Gasteiger partial charge on any atom is 0.416 e. The summed E-state index contributed by atoms with van der Waals surface area (Å²) in [4.78, 5) is 4.39. The average Bonchev–Trinajstić information content (AvgIpc) is 2.34. The lowest BCUT2D eigenvalue weighted by atomic mass is 9.94. The molecule has 0 N–H and O–H groups in total. The Hall–Kier alpha value is -1.58. The molecule has 18 heavy (non-hydrogen) atoms. The van der Waals surface area contributed by atoms with E-state index in [0.717, 1.165) is 48.9 Å². The molecule has 1 nitrogen and oxygen atoms in total. The molecule has 3 rings (SSSR count). The van der Waals surface area contributed by atoms with Gasteiger partial charge in [-0.15, -0.1) is 0 Å². The van der Waals surface area contributed by atoms with Crippen molar-refractivity contribution in [2.75, 3.05) is 0 Å². The van der Waals surface area contributed by atoms with Crippen LogP contribution in [0.5, 0.6) is 0 Å². The van der Waals surface area contributed by atoms with Gasteiger partial charge in [0.25, 0.3) is 0 Å². The molecule has 0 bridgehead atoms. The second kappa shape index (κ2) is 3.97.